The maximum atomic E-state index is 10.4. The second kappa shape index (κ2) is 6.35. The van der Waals surface area contributed by atoms with Crippen LogP contribution in [-0.2, 0) is 6.42 Å². The van der Waals surface area contributed by atoms with Gasteiger partial charge in [0.05, 0.1) is 6.10 Å². The number of aliphatic hydroxyl groups is 1. The summed E-state index contributed by atoms with van der Waals surface area (Å²) in [5.74, 6) is 0. The largest absolute Gasteiger partial charge is 0.388 e. The van der Waals surface area contributed by atoms with Gasteiger partial charge in [-0.1, -0.05) is 38.1 Å². The smallest absolute Gasteiger partial charge is 0.0805 e. The molecule has 2 unspecified atom stereocenters. The Bertz CT molecular complexity index is 377. The normalized spacial score (nSPS) is 22.3. The summed E-state index contributed by atoms with van der Waals surface area (Å²) >= 11 is 0. The van der Waals surface area contributed by atoms with Gasteiger partial charge < -0.3 is 10.0 Å². The lowest BCUT2D eigenvalue weighted by atomic mass is 9.98. The minimum absolute atomic E-state index is 0.311. The third-order valence-corrected chi connectivity index (χ3v) is 4.14. The van der Waals surface area contributed by atoms with Crippen molar-refractivity contribution in [2.45, 2.75) is 51.7 Å². The van der Waals surface area contributed by atoms with Gasteiger partial charge in [0, 0.05) is 6.04 Å². The van der Waals surface area contributed by atoms with Crippen LogP contribution < -0.4 is 0 Å². The topological polar surface area (TPSA) is 23.5 Å². The van der Waals surface area contributed by atoms with Gasteiger partial charge in [-0.15, -0.1) is 0 Å². The molecule has 0 radical (unpaired) electrons. The molecule has 1 aromatic carbocycles. The van der Waals surface area contributed by atoms with Crippen LogP contribution in [0, 0.1) is 0 Å². The van der Waals surface area contributed by atoms with Gasteiger partial charge in [0.25, 0.3) is 0 Å². The molecule has 2 heteroatoms. The maximum Gasteiger partial charge on any atom is 0.0805 e. The Morgan fingerprint density at radius 2 is 2.22 bits per heavy atom. The van der Waals surface area contributed by atoms with Crippen LogP contribution in [0.1, 0.15) is 50.3 Å². The first-order valence-electron chi connectivity index (χ1n) is 7.25. The molecule has 1 heterocycles. The molecule has 0 amide bonds. The van der Waals surface area contributed by atoms with Gasteiger partial charge >= 0.3 is 0 Å². The molecule has 0 bridgehead atoms. The molecule has 0 saturated carbocycles. The van der Waals surface area contributed by atoms with E-state index in [-0.39, 0.29) is 6.10 Å². The minimum atomic E-state index is -0.311. The summed E-state index contributed by atoms with van der Waals surface area (Å²) in [4.78, 5) is 2.49. The van der Waals surface area contributed by atoms with Gasteiger partial charge in [-0.3, -0.25) is 0 Å². The summed E-state index contributed by atoms with van der Waals surface area (Å²) in [6.45, 7) is 6.67. The highest BCUT2D eigenvalue weighted by atomic mass is 16.3. The number of rotatable bonds is 5. The standard InChI is InChI=1S/C16H25NO/c1-3-13-7-5-8-14(11-13)16(18)12-15-9-6-10-17(15)4-2/h5,7-8,11,15-16,18H,3-4,6,9-10,12H2,1-2H3. The molecule has 0 aromatic heterocycles. The number of benzene rings is 1. The molecule has 2 rings (SSSR count). The van der Waals surface area contributed by atoms with Crippen molar-refractivity contribution in [1.82, 2.24) is 4.90 Å². The van der Waals surface area contributed by atoms with Crippen LogP contribution in [0.3, 0.4) is 0 Å². The number of hydrogen-bond donors (Lipinski definition) is 1. The Morgan fingerprint density at radius 3 is 2.94 bits per heavy atom. The van der Waals surface area contributed by atoms with E-state index in [4.69, 9.17) is 0 Å². The van der Waals surface area contributed by atoms with Gasteiger partial charge in [0.1, 0.15) is 0 Å². The molecule has 1 saturated heterocycles. The molecule has 1 fully saturated rings. The van der Waals surface area contributed by atoms with Gasteiger partial charge in [-0.25, -0.2) is 0 Å². The lowest BCUT2D eigenvalue weighted by Gasteiger charge is -2.25. The fourth-order valence-corrected chi connectivity index (χ4v) is 2.99. The van der Waals surface area contributed by atoms with E-state index in [1.807, 2.05) is 0 Å². The molecule has 0 spiro atoms. The lowest BCUT2D eigenvalue weighted by molar-refractivity contribution is 0.123. The van der Waals surface area contributed by atoms with Crippen LogP contribution in [0.5, 0.6) is 0 Å². The van der Waals surface area contributed by atoms with Gasteiger partial charge in [-0.05, 0) is 49.9 Å². The molecule has 2 atom stereocenters. The van der Waals surface area contributed by atoms with Crippen LogP contribution >= 0.6 is 0 Å². The zero-order valence-electron chi connectivity index (χ0n) is 11.6. The van der Waals surface area contributed by atoms with Crippen molar-refractivity contribution in [3.8, 4) is 0 Å². The number of hydrogen-bond acceptors (Lipinski definition) is 2. The van der Waals surface area contributed by atoms with Crippen molar-refractivity contribution in [3.05, 3.63) is 35.4 Å². The lowest BCUT2D eigenvalue weighted by Crippen LogP contribution is -2.30. The summed E-state index contributed by atoms with van der Waals surface area (Å²) in [5.41, 5.74) is 2.39. The summed E-state index contributed by atoms with van der Waals surface area (Å²) in [6, 6.07) is 8.95. The Hall–Kier alpha value is -0.860. The van der Waals surface area contributed by atoms with Crippen LogP contribution in [-0.4, -0.2) is 29.1 Å². The van der Waals surface area contributed by atoms with E-state index in [2.05, 4.69) is 43.0 Å². The highest BCUT2D eigenvalue weighted by Crippen LogP contribution is 2.27. The summed E-state index contributed by atoms with van der Waals surface area (Å²) in [6.07, 6.45) is 4.11. The quantitative estimate of drug-likeness (QED) is 0.864. The zero-order valence-corrected chi connectivity index (χ0v) is 11.6. The maximum absolute atomic E-state index is 10.4. The van der Waals surface area contributed by atoms with Crippen molar-refractivity contribution in [1.29, 1.82) is 0 Å². The molecule has 2 nitrogen and oxygen atoms in total. The molecule has 100 valence electrons. The number of nitrogens with zero attached hydrogens (tertiary/aromatic N) is 1. The van der Waals surface area contributed by atoms with Crippen LogP contribution in [0.2, 0.25) is 0 Å². The van der Waals surface area contributed by atoms with Crippen LogP contribution in [0.15, 0.2) is 24.3 Å². The molecule has 18 heavy (non-hydrogen) atoms. The SMILES string of the molecule is CCc1cccc(C(O)CC2CCCN2CC)c1. The van der Waals surface area contributed by atoms with Gasteiger partial charge in [0.2, 0.25) is 0 Å². The highest BCUT2D eigenvalue weighted by Gasteiger charge is 2.25. The molecule has 1 N–H and O–H groups in total. The molecular formula is C16H25NO. The Balaban J connectivity index is 2.00. The fraction of sp³-hybridized carbons (Fsp3) is 0.625. The van der Waals surface area contributed by atoms with Crippen molar-refractivity contribution in [3.63, 3.8) is 0 Å². The van der Waals surface area contributed by atoms with Crippen molar-refractivity contribution in [2.75, 3.05) is 13.1 Å². The Labute approximate surface area is 111 Å². The molecule has 1 aromatic rings. The van der Waals surface area contributed by atoms with E-state index in [9.17, 15) is 5.11 Å². The molecule has 1 aliphatic rings. The molecular weight excluding hydrogens is 222 g/mol. The van der Waals surface area contributed by atoms with E-state index in [0.29, 0.717) is 6.04 Å². The second-order valence-electron chi connectivity index (χ2n) is 5.27. The van der Waals surface area contributed by atoms with Crippen molar-refractivity contribution < 1.29 is 5.11 Å². The third-order valence-electron chi connectivity index (χ3n) is 4.14. The second-order valence-corrected chi connectivity index (χ2v) is 5.27. The molecule has 1 aliphatic heterocycles. The summed E-state index contributed by atoms with van der Waals surface area (Å²) in [7, 11) is 0. The summed E-state index contributed by atoms with van der Waals surface area (Å²) < 4.78 is 0. The Kier molecular flexibility index (Phi) is 4.79. The van der Waals surface area contributed by atoms with Crippen LogP contribution in [0.25, 0.3) is 0 Å². The first-order chi connectivity index (χ1) is 8.74. The first kappa shape index (κ1) is 13.6. The van der Waals surface area contributed by atoms with Crippen molar-refractivity contribution in [2.24, 2.45) is 0 Å². The molecule has 0 aliphatic carbocycles. The monoisotopic (exact) mass is 247 g/mol. The van der Waals surface area contributed by atoms with E-state index < -0.39 is 0 Å². The first-order valence-corrected chi connectivity index (χ1v) is 7.25. The van der Waals surface area contributed by atoms with Gasteiger partial charge in [0.15, 0.2) is 0 Å². The summed E-state index contributed by atoms with van der Waals surface area (Å²) in [5, 5.41) is 10.4. The average molecular weight is 247 g/mol. The fourth-order valence-electron chi connectivity index (χ4n) is 2.99. The van der Waals surface area contributed by atoms with E-state index >= 15 is 0 Å². The van der Waals surface area contributed by atoms with Crippen LogP contribution in [0.4, 0.5) is 0 Å². The predicted molar refractivity (Wildman–Crippen MR) is 75.7 cm³/mol. The number of aliphatic hydroxyl groups excluding tert-OH is 1. The number of likely N-dealkylation sites (tertiary alicyclic amines) is 1. The van der Waals surface area contributed by atoms with E-state index in [0.717, 1.165) is 24.9 Å². The van der Waals surface area contributed by atoms with E-state index in [1.54, 1.807) is 0 Å². The third kappa shape index (κ3) is 3.12. The van der Waals surface area contributed by atoms with E-state index in [1.165, 1.54) is 24.9 Å². The minimum Gasteiger partial charge on any atom is -0.388 e. The van der Waals surface area contributed by atoms with Gasteiger partial charge in [-0.2, -0.15) is 0 Å². The predicted octanol–water partition coefficient (Wildman–Crippen LogP) is 3.16. The number of aryl methyl sites for hydroxylation is 1. The average Bonchev–Trinajstić information content (AvgIpc) is 2.86. The Morgan fingerprint density at radius 1 is 1.39 bits per heavy atom. The zero-order chi connectivity index (χ0) is 13.0. The highest BCUT2D eigenvalue weighted by molar-refractivity contribution is 5.25. The van der Waals surface area contributed by atoms with Crippen molar-refractivity contribution >= 4 is 0 Å².